The van der Waals surface area contributed by atoms with E-state index in [1.165, 1.54) is 18.1 Å². The molecule has 2 aromatic heterocycles. The number of likely N-dealkylation sites (N-methyl/N-ethyl adjacent to an activating group) is 1. The Morgan fingerprint density at radius 2 is 1.69 bits per heavy atom. The molecule has 2 aromatic rings. The maximum atomic E-state index is 12.8. The van der Waals surface area contributed by atoms with E-state index in [9.17, 15) is 19.2 Å². The molecule has 0 aromatic carbocycles. The summed E-state index contributed by atoms with van der Waals surface area (Å²) in [4.78, 5) is 62.5. The molecule has 0 aliphatic carbocycles. The van der Waals surface area contributed by atoms with Crippen molar-refractivity contribution in [1.29, 1.82) is 0 Å². The number of carbonyl (C=O) groups excluding carboxylic acids is 4. The number of pyridine rings is 1. The van der Waals surface area contributed by atoms with Crippen molar-refractivity contribution in [2.45, 2.75) is 46.1 Å². The van der Waals surface area contributed by atoms with Crippen molar-refractivity contribution in [3.8, 4) is 0 Å². The van der Waals surface area contributed by atoms with Gasteiger partial charge in [0.1, 0.15) is 23.5 Å². The number of hydrogen-bond acceptors (Lipinski definition) is 9. The minimum atomic E-state index is -0.650. The van der Waals surface area contributed by atoms with Crippen molar-refractivity contribution in [3.05, 3.63) is 36.3 Å². The van der Waals surface area contributed by atoms with Gasteiger partial charge in [0.2, 0.25) is 11.9 Å². The van der Waals surface area contributed by atoms with E-state index < -0.39 is 23.6 Å². The van der Waals surface area contributed by atoms with E-state index in [-0.39, 0.29) is 36.3 Å². The zero-order valence-corrected chi connectivity index (χ0v) is 23.0. The molecular formula is C25H37N9O5. The van der Waals surface area contributed by atoms with E-state index in [1.807, 2.05) is 6.92 Å². The predicted molar refractivity (Wildman–Crippen MR) is 147 cm³/mol. The topological polar surface area (TPSA) is 180 Å². The maximum absolute atomic E-state index is 12.8. The summed E-state index contributed by atoms with van der Waals surface area (Å²) in [6.07, 6.45) is 5.09. The van der Waals surface area contributed by atoms with E-state index in [4.69, 9.17) is 4.74 Å². The van der Waals surface area contributed by atoms with E-state index in [2.05, 4.69) is 41.5 Å². The zero-order valence-electron chi connectivity index (χ0n) is 23.0. The number of carbonyl (C=O) groups is 4. The molecule has 0 saturated carbocycles. The molecule has 2 rings (SSSR count). The van der Waals surface area contributed by atoms with Crippen LogP contribution in [0.15, 0.2) is 30.7 Å². The van der Waals surface area contributed by atoms with Crippen molar-refractivity contribution < 1.29 is 23.9 Å². The average Bonchev–Trinajstić information content (AvgIpc) is 2.86. The summed E-state index contributed by atoms with van der Waals surface area (Å²) in [5, 5.41) is 13.7. The molecule has 0 atom stereocenters. The molecule has 5 amide bonds. The van der Waals surface area contributed by atoms with Gasteiger partial charge in [-0.15, -0.1) is 0 Å². The summed E-state index contributed by atoms with van der Waals surface area (Å²) in [5.74, 6) is -0.444. The smallest absolute Gasteiger partial charge is 0.410 e. The summed E-state index contributed by atoms with van der Waals surface area (Å²) >= 11 is 0. The lowest BCUT2D eigenvalue weighted by Crippen LogP contribution is -2.41. The number of rotatable bonds is 12. The number of nitrogens with one attached hydrogen (secondary N) is 5. The van der Waals surface area contributed by atoms with Crippen molar-refractivity contribution in [2.75, 3.05) is 49.2 Å². The van der Waals surface area contributed by atoms with E-state index >= 15 is 0 Å². The van der Waals surface area contributed by atoms with Crippen LogP contribution >= 0.6 is 0 Å². The summed E-state index contributed by atoms with van der Waals surface area (Å²) < 4.78 is 5.21. The third-order valence-corrected chi connectivity index (χ3v) is 4.79. The molecule has 212 valence electrons. The number of amides is 5. The predicted octanol–water partition coefficient (Wildman–Crippen LogP) is 2.44. The number of urea groups is 1. The van der Waals surface area contributed by atoms with Crippen molar-refractivity contribution in [1.82, 2.24) is 30.5 Å². The Morgan fingerprint density at radius 3 is 2.36 bits per heavy atom. The number of anilines is 3. The molecule has 0 bridgehead atoms. The molecule has 0 aliphatic rings. The molecule has 0 saturated heterocycles. The number of aromatic nitrogens is 3. The van der Waals surface area contributed by atoms with Crippen LogP contribution in [0.3, 0.4) is 0 Å². The highest BCUT2D eigenvalue weighted by molar-refractivity contribution is 6.00. The highest BCUT2D eigenvalue weighted by atomic mass is 16.6. The summed E-state index contributed by atoms with van der Waals surface area (Å²) in [7, 11) is 1.48. The van der Waals surface area contributed by atoms with Gasteiger partial charge >= 0.3 is 12.1 Å². The fourth-order valence-corrected chi connectivity index (χ4v) is 2.97. The van der Waals surface area contributed by atoms with Crippen LogP contribution in [0, 0.1) is 0 Å². The second-order valence-electron chi connectivity index (χ2n) is 9.49. The Labute approximate surface area is 227 Å². The SMILES string of the molecule is CCCNc1nc(NC(=O)Nc2ccncc2)ncc1C(=O)NCCCNC(=O)CN(C)C(=O)OC(C)(C)C. The number of ether oxygens (including phenoxy) is 1. The van der Waals surface area contributed by atoms with Crippen LogP contribution in [0.4, 0.5) is 27.0 Å². The first-order chi connectivity index (χ1) is 18.5. The van der Waals surface area contributed by atoms with Crippen LogP contribution in [-0.2, 0) is 9.53 Å². The third-order valence-electron chi connectivity index (χ3n) is 4.79. The molecule has 0 aliphatic heterocycles. The largest absolute Gasteiger partial charge is 0.444 e. The minimum Gasteiger partial charge on any atom is -0.444 e. The lowest BCUT2D eigenvalue weighted by Gasteiger charge is -2.24. The van der Waals surface area contributed by atoms with Gasteiger partial charge in [0.25, 0.3) is 5.91 Å². The second-order valence-corrected chi connectivity index (χ2v) is 9.49. The summed E-state index contributed by atoms with van der Waals surface area (Å²) in [6, 6.07) is 2.73. The van der Waals surface area contributed by atoms with Gasteiger partial charge in [0.15, 0.2) is 0 Å². The van der Waals surface area contributed by atoms with Crippen LogP contribution in [0.25, 0.3) is 0 Å². The normalized spacial score (nSPS) is 10.7. The van der Waals surface area contributed by atoms with Crippen LogP contribution in [0.5, 0.6) is 0 Å². The van der Waals surface area contributed by atoms with Gasteiger partial charge in [-0.05, 0) is 45.7 Å². The van der Waals surface area contributed by atoms with E-state index in [0.717, 1.165) is 6.42 Å². The van der Waals surface area contributed by atoms with Gasteiger partial charge in [-0.1, -0.05) is 6.92 Å². The van der Waals surface area contributed by atoms with Crippen LogP contribution in [0.2, 0.25) is 0 Å². The Balaban J connectivity index is 1.83. The minimum absolute atomic E-state index is 0.0239. The molecule has 14 heteroatoms. The highest BCUT2D eigenvalue weighted by Crippen LogP contribution is 2.15. The molecule has 0 unspecified atom stereocenters. The van der Waals surface area contributed by atoms with Crippen LogP contribution in [0.1, 0.15) is 50.9 Å². The Hall–Kier alpha value is -4.49. The van der Waals surface area contributed by atoms with Crippen LogP contribution in [-0.4, -0.2) is 82.6 Å². The molecule has 5 N–H and O–H groups in total. The monoisotopic (exact) mass is 543 g/mol. The molecule has 0 spiro atoms. The quantitative estimate of drug-likeness (QED) is 0.251. The summed E-state index contributed by atoms with van der Waals surface area (Å²) in [6.45, 7) is 8.20. The first-order valence-corrected chi connectivity index (χ1v) is 12.6. The second kappa shape index (κ2) is 15.1. The van der Waals surface area contributed by atoms with E-state index in [1.54, 1.807) is 45.3 Å². The average molecular weight is 544 g/mol. The lowest BCUT2D eigenvalue weighted by molar-refractivity contribution is -0.122. The Kier molecular flexibility index (Phi) is 11.9. The molecular weight excluding hydrogens is 506 g/mol. The Bertz CT molecular complexity index is 1120. The van der Waals surface area contributed by atoms with Crippen molar-refractivity contribution in [3.63, 3.8) is 0 Å². The third kappa shape index (κ3) is 11.6. The lowest BCUT2D eigenvalue weighted by atomic mass is 10.2. The van der Waals surface area contributed by atoms with Crippen LogP contribution < -0.4 is 26.6 Å². The first-order valence-electron chi connectivity index (χ1n) is 12.6. The zero-order chi connectivity index (χ0) is 28.8. The van der Waals surface area contributed by atoms with Gasteiger partial charge in [-0.25, -0.2) is 14.6 Å². The van der Waals surface area contributed by atoms with Gasteiger partial charge in [0, 0.05) is 51.0 Å². The molecule has 39 heavy (non-hydrogen) atoms. The molecule has 2 heterocycles. The summed E-state index contributed by atoms with van der Waals surface area (Å²) in [5.41, 5.74) is 0.115. The fourth-order valence-electron chi connectivity index (χ4n) is 2.97. The standard InChI is InChI=1S/C25H37N9O5/c1-6-10-28-20-18(15-30-22(32-20)33-23(37)31-17-8-13-26-14-9-17)21(36)29-12-7-11-27-19(35)16-34(5)24(38)39-25(2,3)4/h8-9,13-15H,6-7,10-12,16H2,1-5H3,(H,27,35)(H,29,36)(H3,26,28,30,31,32,33,37). The van der Waals surface area contributed by atoms with Gasteiger partial charge < -0.3 is 30.9 Å². The van der Waals surface area contributed by atoms with Crippen molar-refractivity contribution >= 4 is 41.4 Å². The Morgan fingerprint density at radius 1 is 1.00 bits per heavy atom. The number of hydrogen-bond donors (Lipinski definition) is 5. The molecule has 0 fully saturated rings. The maximum Gasteiger partial charge on any atom is 0.410 e. The van der Waals surface area contributed by atoms with Crippen molar-refractivity contribution in [2.24, 2.45) is 0 Å². The molecule has 0 radical (unpaired) electrons. The fraction of sp³-hybridized carbons (Fsp3) is 0.480. The highest BCUT2D eigenvalue weighted by Gasteiger charge is 2.21. The van der Waals surface area contributed by atoms with E-state index in [0.29, 0.717) is 25.2 Å². The first kappa shape index (κ1) is 30.7. The number of nitrogens with zero attached hydrogens (tertiary/aromatic N) is 4. The van der Waals surface area contributed by atoms with Gasteiger partial charge in [-0.3, -0.25) is 19.9 Å². The van der Waals surface area contributed by atoms with Gasteiger partial charge in [0.05, 0.1) is 0 Å². The van der Waals surface area contributed by atoms with Gasteiger partial charge in [-0.2, -0.15) is 4.98 Å². The molecule has 14 nitrogen and oxygen atoms in total.